The van der Waals surface area contributed by atoms with Crippen LogP contribution in [-0.2, 0) is 6.42 Å². The first-order valence-electron chi connectivity index (χ1n) is 7.33. The number of anilines is 1. The highest BCUT2D eigenvalue weighted by Crippen LogP contribution is 2.43. The van der Waals surface area contributed by atoms with Crippen LogP contribution in [-0.4, -0.2) is 19.1 Å². The number of hydrogen-bond donors (Lipinski definition) is 2. The monoisotopic (exact) mass is 273 g/mol. The van der Waals surface area contributed by atoms with Gasteiger partial charge < -0.3 is 10.6 Å². The van der Waals surface area contributed by atoms with Gasteiger partial charge in [-0.1, -0.05) is 6.07 Å². The molecule has 1 aliphatic carbocycles. The third kappa shape index (κ3) is 2.64. The number of nitriles is 1. The number of nitrogens with one attached hydrogen (secondary N) is 2. The highest BCUT2D eigenvalue weighted by Gasteiger charge is 2.40. The summed E-state index contributed by atoms with van der Waals surface area (Å²) >= 11 is 0. The van der Waals surface area contributed by atoms with E-state index in [-0.39, 0.29) is 12.2 Å². The summed E-state index contributed by atoms with van der Waals surface area (Å²) in [5.41, 5.74) is 1.77. The van der Waals surface area contributed by atoms with Crippen LogP contribution in [0, 0.1) is 22.6 Å². The Labute approximate surface area is 119 Å². The van der Waals surface area contributed by atoms with E-state index in [1.165, 1.54) is 25.3 Å². The van der Waals surface area contributed by atoms with E-state index in [1.54, 1.807) is 6.07 Å². The summed E-state index contributed by atoms with van der Waals surface area (Å²) in [4.78, 5) is 0. The van der Waals surface area contributed by atoms with Crippen molar-refractivity contribution < 1.29 is 4.39 Å². The van der Waals surface area contributed by atoms with Crippen molar-refractivity contribution in [3.8, 4) is 6.07 Å². The second kappa shape index (κ2) is 5.41. The first kappa shape index (κ1) is 13.4. The Morgan fingerprint density at radius 1 is 1.45 bits per heavy atom. The van der Waals surface area contributed by atoms with Crippen LogP contribution in [0.3, 0.4) is 0 Å². The molecular weight excluding hydrogens is 253 g/mol. The lowest BCUT2D eigenvalue weighted by molar-refractivity contribution is 0.333. The number of nitrogens with zero attached hydrogens (tertiary/aromatic N) is 1. The summed E-state index contributed by atoms with van der Waals surface area (Å²) in [6.07, 6.45) is 4.97. The Kier molecular flexibility index (Phi) is 3.62. The van der Waals surface area contributed by atoms with E-state index in [2.05, 4.69) is 10.6 Å². The zero-order valence-corrected chi connectivity index (χ0v) is 11.6. The number of benzene rings is 1. The first-order valence-corrected chi connectivity index (χ1v) is 7.33. The van der Waals surface area contributed by atoms with Gasteiger partial charge in [-0.25, -0.2) is 4.39 Å². The second-order valence-electron chi connectivity index (χ2n) is 6.15. The van der Waals surface area contributed by atoms with Crippen LogP contribution in [0.2, 0.25) is 0 Å². The number of rotatable bonds is 3. The maximum absolute atomic E-state index is 13.8. The molecule has 3 nitrogen and oxygen atoms in total. The molecule has 1 aromatic carbocycles. The molecule has 1 saturated carbocycles. The summed E-state index contributed by atoms with van der Waals surface area (Å²) in [5.74, 6) is -0.285. The first-order chi connectivity index (χ1) is 9.71. The van der Waals surface area contributed by atoms with Crippen molar-refractivity contribution in [2.45, 2.75) is 38.1 Å². The minimum Gasteiger partial charge on any atom is -0.382 e. The zero-order chi connectivity index (χ0) is 14.0. The van der Waals surface area contributed by atoms with Gasteiger partial charge in [-0.2, -0.15) is 5.26 Å². The molecule has 2 unspecified atom stereocenters. The summed E-state index contributed by atoms with van der Waals surface area (Å²) in [6, 6.07) is 7.54. The van der Waals surface area contributed by atoms with Gasteiger partial charge >= 0.3 is 0 Å². The van der Waals surface area contributed by atoms with Crippen LogP contribution in [0.15, 0.2) is 18.2 Å². The van der Waals surface area contributed by atoms with Crippen molar-refractivity contribution in [2.75, 3.05) is 18.4 Å². The van der Waals surface area contributed by atoms with Crippen molar-refractivity contribution in [3.63, 3.8) is 0 Å². The quantitative estimate of drug-likeness (QED) is 0.890. The van der Waals surface area contributed by atoms with Crippen LogP contribution in [0.5, 0.6) is 0 Å². The van der Waals surface area contributed by atoms with Gasteiger partial charge in [-0.3, -0.25) is 0 Å². The lowest BCUT2D eigenvalue weighted by Crippen LogP contribution is -2.23. The third-order valence-electron chi connectivity index (χ3n) is 4.73. The Morgan fingerprint density at radius 2 is 2.35 bits per heavy atom. The van der Waals surface area contributed by atoms with Gasteiger partial charge in [0.25, 0.3) is 0 Å². The highest BCUT2D eigenvalue weighted by molar-refractivity contribution is 5.47. The topological polar surface area (TPSA) is 47.9 Å². The molecule has 1 aromatic rings. The minimum atomic E-state index is -0.285. The van der Waals surface area contributed by atoms with Gasteiger partial charge in [0.15, 0.2) is 0 Å². The predicted octanol–water partition coefficient (Wildman–Crippen LogP) is 2.84. The van der Waals surface area contributed by atoms with E-state index in [0.29, 0.717) is 17.0 Å². The zero-order valence-electron chi connectivity index (χ0n) is 11.6. The Balaban J connectivity index is 1.64. The van der Waals surface area contributed by atoms with E-state index < -0.39 is 0 Å². The van der Waals surface area contributed by atoms with Gasteiger partial charge in [0.05, 0.1) is 12.5 Å². The molecule has 0 aromatic heterocycles. The molecule has 2 atom stereocenters. The van der Waals surface area contributed by atoms with Crippen molar-refractivity contribution in [2.24, 2.45) is 5.41 Å². The summed E-state index contributed by atoms with van der Waals surface area (Å²) in [7, 11) is 0. The predicted molar refractivity (Wildman–Crippen MR) is 76.9 cm³/mol. The summed E-state index contributed by atoms with van der Waals surface area (Å²) in [5, 5.41) is 15.5. The fourth-order valence-corrected chi connectivity index (χ4v) is 3.61. The molecule has 1 saturated heterocycles. The molecule has 2 N–H and O–H groups in total. The van der Waals surface area contributed by atoms with Gasteiger partial charge in [0.2, 0.25) is 0 Å². The summed E-state index contributed by atoms with van der Waals surface area (Å²) < 4.78 is 13.8. The molecule has 0 amide bonds. The SMILES string of the molecule is N#CCc1ccc(NC2CCC3(CCNC3)C2)cc1F. The van der Waals surface area contributed by atoms with Crippen molar-refractivity contribution in [1.29, 1.82) is 5.26 Å². The maximum atomic E-state index is 13.8. The van der Waals surface area contributed by atoms with Crippen LogP contribution in [0.25, 0.3) is 0 Å². The van der Waals surface area contributed by atoms with E-state index in [4.69, 9.17) is 5.26 Å². The average Bonchev–Trinajstić information content (AvgIpc) is 3.04. The Morgan fingerprint density at radius 3 is 3.05 bits per heavy atom. The molecular formula is C16H20FN3. The van der Waals surface area contributed by atoms with Gasteiger partial charge in [0.1, 0.15) is 5.82 Å². The molecule has 4 heteroatoms. The van der Waals surface area contributed by atoms with E-state index >= 15 is 0 Å². The number of halogens is 1. The molecule has 3 rings (SSSR count). The largest absolute Gasteiger partial charge is 0.382 e. The van der Waals surface area contributed by atoms with E-state index in [9.17, 15) is 4.39 Å². The molecule has 0 bridgehead atoms. The molecule has 2 fully saturated rings. The summed E-state index contributed by atoms with van der Waals surface area (Å²) in [6.45, 7) is 2.25. The second-order valence-corrected chi connectivity index (χ2v) is 6.15. The van der Waals surface area contributed by atoms with Crippen molar-refractivity contribution >= 4 is 5.69 Å². The van der Waals surface area contributed by atoms with Gasteiger partial charge in [-0.05, 0) is 49.8 Å². The van der Waals surface area contributed by atoms with Crippen LogP contribution < -0.4 is 10.6 Å². The number of hydrogen-bond acceptors (Lipinski definition) is 3. The average molecular weight is 273 g/mol. The molecule has 1 heterocycles. The van der Waals surface area contributed by atoms with Crippen LogP contribution in [0.4, 0.5) is 10.1 Å². The molecule has 2 aliphatic rings. The fraction of sp³-hybridized carbons (Fsp3) is 0.562. The lowest BCUT2D eigenvalue weighted by atomic mass is 9.85. The lowest BCUT2D eigenvalue weighted by Gasteiger charge is -2.22. The smallest absolute Gasteiger partial charge is 0.129 e. The molecule has 1 spiro atoms. The Bertz CT molecular complexity index is 529. The van der Waals surface area contributed by atoms with Gasteiger partial charge in [-0.15, -0.1) is 0 Å². The maximum Gasteiger partial charge on any atom is 0.129 e. The molecule has 20 heavy (non-hydrogen) atoms. The van der Waals surface area contributed by atoms with Crippen molar-refractivity contribution in [1.82, 2.24) is 5.32 Å². The molecule has 0 radical (unpaired) electrons. The Hall–Kier alpha value is -1.60. The van der Waals surface area contributed by atoms with Gasteiger partial charge in [0, 0.05) is 23.8 Å². The highest BCUT2D eigenvalue weighted by atomic mass is 19.1. The van der Waals surface area contributed by atoms with Crippen LogP contribution in [0.1, 0.15) is 31.2 Å². The standard InChI is InChI=1S/C16H20FN3/c17-15-9-13(2-1-12(15)4-7-18)20-14-3-5-16(10-14)6-8-19-11-16/h1-2,9,14,19-20H,3-6,8,10-11H2. The third-order valence-corrected chi connectivity index (χ3v) is 4.73. The van der Waals surface area contributed by atoms with E-state index in [1.807, 2.05) is 12.1 Å². The van der Waals surface area contributed by atoms with Crippen LogP contribution >= 0.6 is 0 Å². The molecule has 106 valence electrons. The fourth-order valence-electron chi connectivity index (χ4n) is 3.61. The minimum absolute atomic E-state index is 0.129. The molecule has 1 aliphatic heterocycles. The van der Waals surface area contributed by atoms with E-state index in [0.717, 1.165) is 25.2 Å². The normalized spacial score (nSPS) is 28.7. The van der Waals surface area contributed by atoms with Crippen molar-refractivity contribution in [3.05, 3.63) is 29.6 Å².